The third-order valence-electron chi connectivity index (χ3n) is 5.73. The minimum Gasteiger partial charge on any atom is -0.421 e. The van der Waals surface area contributed by atoms with Crippen molar-refractivity contribution in [2.45, 2.75) is 39.8 Å². The number of hydrogen-bond donors (Lipinski definition) is 1. The summed E-state index contributed by atoms with van der Waals surface area (Å²) in [5.41, 5.74) is 3.97. The maximum atomic E-state index is 13.0. The fourth-order valence-corrected chi connectivity index (χ4v) is 3.71. The molecule has 0 bridgehead atoms. The highest BCUT2D eigenvalue weighted by molar-refractivity contribution is 5.80. The van der Waals surface area contributed by atoms with E-state index in [-0.39, 0.29) is 6.09 Å². The number of para-hydroxylation sites is 2. The molecule has 2 unspecified atom stereocenters. The number of carbonyl (C=O) groups is 1. The Bertz CT molecular complexity index is 923. The number of nitrogens with one attached hydrogen (secondary N) is 1. The van der Waals surface area contributed by atoms with Crippen molar-refractivity contribution in [3.8, 4) is 0 Å². The third kappa shape index (κ3) is 5.02. The maximum absolute atomic E-state index is 13.0. The van der Waals surface area contributed by atoms with E-state index in [9.17, 15) is 4.79 Å². The Morgan fingerprint density at radius 3 is 2.74 bits per heavy atom. The molecule has 1 aromatic heterocycles. The normalized spacial score (nSPS) is 16.7. The van der Waals surface area contributed by atoms with Crippen LogP contribution in [0, 0.1) is 5.92 Å². The van der Waals surface area contributed by atoms with Crippen LogP contribution in [0.1, 0.15) is 39.8 Å². The van der Waals surface area contributed by atoms with Gasteiger partial charge in [0.15, 0.2) is 0 Å². The van der Waals surface area contributed by atoms with E-state index in [0.717, 1.165) is 35.1 Å². The standard InChI is InChI=1S/C23H34N4O4/c1-6-16(3)20-17(7-2)21(31-23(28)26(4)12-13-30-15-14-29-5)27-19-11-9-8-10-18(19)24-22(27)25-20/h8-11,16,21H,6-7,12-15H2,1-5H3,(H,24,25). The number of likely N-dealkylation sites (N-methyl/N-ethyl adjacent to an activating group) is 1. The first-order valence-electron chi connectivity index (χ1n) is 11.0. The molecule has 8 nitrogen and oxygen atoms in total. The van der Waals surface area contributed by atoms with Gasteiger partial charge in [-0.2, -0.15) is 0 Å². The number of benzene rings is 1. The van der Waals surface area contributed by atoms with Crippen LogP contribution in [0.2, 0.25) is 0 Å². The molecule has 0 radical (unpaired) electrons. The number of methoxy groups -OCH3 is 1. The average Bonchev–Trinajstić information content (AvgIpc) is 3.16. The Morgan fingerprint density at radius 1 is 1.26 bits per heavy atom. The molecule has 1 amide bonds. The smallest absolute Gasteiger partial charge is 0.411 e. The zero-order valence-corrected chi connectivity index (χ0v) is 19.2. The van der Waals surface area contributed by atoms with Crippen molar-refractivity contribution < 1.29 is 19.0 Å². The van der Waals surface area contributed by atoms with Gasteiger partial charge in [-0.05, 0) is 30.9 Å². The van der Waals surface area contributed by atoms with Gasteiger partial charge in [-0.1, -0.05) is 32.9 Å². The van der Waals surface area contributed by atoms with E-state index < -0.39 is 6.23 Å². The number of aromatic nitrogens is 2. The van der Waals surface area contributed by atoms with Crippen molar-refractivity contribution in [1.29, 1.82) is 0 Å². The Labute approximate surface area is 184 Å². The zero-order valence-electron chi connectivity index (χ0n) is 19.2. The van der Waals surface area contributed by atoms with Crippen LogP contribution in [0.15, 0.2) is 35.5 Å². The fourth-order valence-electron chi connectivity index (χ4n) is 3.71. The molecular formula is C23H34N4O4. The van der Waals surface area contributed by atoms with Gasteiger partial charge in [-0.15, -0.1) is 0 Å². The molecule has 1 aliphatic rings. The topological polar surface area (TPSA) is 77.9 Å². The van der Waals surface area contributed by atoms with E-state index in [1.807, 2.05) is 28.8 Å². The van der Waals surface area contributed by atoms with Gasteiger partial charge in [0.1, 0.15) is 0 Å². The van der Waals surface area contributed by atoms with Gasteiger partial charge in [-0.25, -0.2) is 9.78 Å². The summed E-state index contributed by atoms with van der Waals surface area (Å²) >= 11 is 0. The Morgan fingerprint density at radius 2 is 2.03 bits per heavy atom. The molecule has 2 aromatic rings. The monoisotopic (exact) mass is 430 g/mol. The molecule has 0 saturated heterocycles. The van der Waals surface area contributed by atoms with Crippen LogP contribution in [0.5, 0.6) is 0 Å². The molecule has 170 valence electrons. The van der Waals surface area contributed by atoms with E-state index in [0.29, 0.717) is 38.2 Å². The lowest BCUT2D eigenvalue weighted by atomic mass is 9.96. The summed E-state index contributed by atoms with van der Waals surface area (Å²) in [5, 5.41) is 3.52. The third-order valence-corrected chi connectivity index (χ3v) is 5.73. The maximum Gasteiger partial charge on any atom is 0.411 e. The highest BCUT2D eigenvalue weighted by Gasteiger charge is 2.34. The lowest BCUT2D eigenvalue weighted by molar-refractivity contribution is 0.0345. The summed E-state index contributed by atoms with van der Waals surface area (Å²) in [6.45, 7) is 8.32. The minimum absolute atomic E-state index is 0.302. The summed E-state index contributed by atoms with van der Waals surface area (Å²) in [6, 6.07) is 7.91. The second-order valence-corrected chi connectivity index (χ2v) is 7.78. The number of nitrogens with zero attached hydrogens (tertiary/aromatic N) is 3. The van der Waals surface area contributed by atoms with Gasteiger partial charge in [0.05, 0.1) is 30.9 Å². The Hall–Kier alpha value is -2.58. The first kappa shape index (κ1) is 23.1. The molecule has 2 atom stereocenters. The number of fused-ring (bicyclic) bond motifs is 3. The van der Waals surface area contributed by atoms with Crippen LogP contribution in [0.25, 0.3) is 11.0 Å². The molecule has 0 saturated carbocycles. The number of imidazole rings is 1. The zero-order chi connectivity index (χ0) is 22.4. The highest BCUT2D eigenvalue weighted by Crippen LogP contribution is 2.39. The van der Waals surface area contributed by atoms with Crippen LogP contribution in [0.4, 0.5) is 10.7 Å². The van der Waals surface area contributed by atoms with Crippen molar-refractivity contribution in [3.05, 3.63) is 35.5 Å². The number of anilines is 1. The van der Waals surface area contributed by atoms with Crippen molar-refractivity contribution in [1.82, 2.24) is 14.5 Å². The van der Waals surface area contributed by atoms with Gasteiger partial charge in [0, 0.05) is 32.0 Å². The summed E-state index contributed by atoms with van der Waals surface area (Å²) in [7, 11) is 3.35. The van der Waals surface area contributed by atoms with Crippen LogP contribution in [-0.2, 0) is 14.2 Å². The average molecular weight is 431 g/mol. The van der Waals surface area contributed by atoms with Gasteiger partial charge in [-0.3, -0.25) is 4.57 Å². The van der Waals surface area contributed by atoms with E-state index in [4.69, 9.17) is 19.2 Å². The number of allylic oxidation sites excluding steroid dienone is 1. The predicted octanol–water partition coefficient (Wildman–Crippen LogP) is 4.40. The minimum atomic E-state index is -0.540. The predicted molar refractivity (Wildman–Crippen MR) is 121 cm³/mol. The summed E-state index contributed by atoms with van der Waals surface area (Å²) in [5.74, 6) is 1.01. The molecule has 1 N–H and O–H groups in total. The molecule has 0 aliphatic carbocycles. The fraction of sp³-hybridized carbons (Fsp3) is 0.565. The van der Waals surface area contributed by atoms with Crippen LogP contribution in [-0.4, -0.2) is 61.1 Å². The molecular weight excluding hydrogens is 396 g/mol. The van der Waals surface area contributed by atoms with Crippen LogP contribution in [0.3, 0.4) is 0 Å². The number of hydrogen-bond acceptors (Lipinski definition) is 6. The first-order chi connectivity index (χ1) is 15.0. The number of carbonyl (C=O) groups excluding carboxylic acids is 1. The van der Waals surface area contributed by atoms with Crippen molar-refractivity contribution in [2.75, 3.05) is 45.8 Å². The van der Waals surface area contributed by atoms with E-state index in [1.54, 1.807) is 19.1 Å². The van der Waals surface area contributed by atoms with Crippen molar-refractivity contribution >= 4 is 23.1 Å². The number of ether oxygens (including phenoxy) is 3. The van der Waals surface area contributed by atoms with Crippen molar-refractivity contribution in [3.63, 3.8) is 0 Å². The lowest BCUT2D eigenvalue weighted by Gasteiger charge is -2.34. The van der Waals surface area contributed by atoms with E-state index >= 15 is 0 Å². The van der Waals surface area contributed by atoms with Crippen molar-refractivity contribution in [2.24, 2.45) is 5.92 Å². The molecule has 3 rings (SSSR count). The lowest BCUT2D eigenvalue weighted by Crippen LogP contribution is -2.35. The van der Waals surface area contributed by atoms with Gasteiger partial charge in [0.2, 0.25) is 12.2 Å². The summed E-state index contributed by atoms with van der Waals surface area (Å²) in [6.07, 6.45) is 0.814. The molecule has 8 heteroatoms. The Balaban J connectivity index is 1.86. The highest BCUT2D eigenvalue weighted by atomic mass is 16.6. The number of rotatable bonds is 10. The summed E-state index contributed by atoms with van der Waals surface area (Å²) < 4.78 is 18.5. The molecule has 0 fully saturated rings. The van der Waals surface area contributed by atoms with Gasteiger partial charge >= 0.3 is 6.09 Å². The Kier molecular flexibility index (Phi) is 7.92. The quantitative estimate of drug-likeness (QED) is 0.563. The van der Waals surface area contributed by atoms with Gasteiger partial charge in [0.25, 0.3) is 0 Å². The first-order valence-corrected chi connectivity index (χ1v) is 11.0. The number of amides is 1. The molecule has 0 spiro atoms. The van der Waals surface area contributed by atoms with E-state index in [2.05, 4.69) is 26.1 Å². The largest absolute Gasteiger partial charge is 0.421 e. The van der Waals surface area contributed by atoms with E-state index in [1.165, 1.54) is 0 Å². The van der Waals surface area contributed by atoms with Crippen LogP contribution < -0.4 is 5.32 Å². The van der Waals surface area contributed by atoms with Gasteiger partial charge < -0.3 is 24.4 Å². The molecule has 31 heavy (non-hydrogen) atoms. The second-order valence-electron chi connectivity index (χ2n) is 7.78. The van der Waals surface area contributed by atoms with Crippen LogP contribution >= 0.6 is 0 Å². The molecule has 1 aliphatic heterocycles. The SMILES string of the molecule is CCC1=C(C(C)CC)Nc2nc3ccccc3n2C1OC(=O)N(C)CCOCCOC. The molecule has 2 heterocycles. The molecule has 1 aromatic carbocycles. The summed E-state index contributed by atoms with van der Waals surface area (Å²) in [4.78, 5) is 19.2. The second kappa shape index (κ2) is 10.6.